The van der Waals surface area contributed by atoms with Gasteiger partial charge >= 0.3 is 7.94 Å². The van der Waals surface area contributed by atoms with Crippen LogP contribution in [0.1, 0.15) is 43.9 Å². The van der Waals surface area contributed by atoms with Gasteiger partial charge in [0.1, 0.15) is 18.5 Å². The summed E-state index contributed by atoms with van der Waals surface area (Å²) in [6.45, 7) is -0.0670. The van der Waals surface area contributed by atoms with Gasteiger partial charge in [-0.25, -0.2) is 14.5 Å². The van der Waals surface area contributed by atoms with Crippen molar-refractivity contribution >= 4 is 19.4 Å². The van der Waals surface area contributed by atoms with Crippen molar-refractivity contribution in [2.24, 2.45) is 0 Å². The molecule has 1 saturated carbocycles. The van der Waals surface area contributed by atoms with Gasteiger partial charge in [0.25, 0.3) is 0 Å². The van der Waals surface area contributed by atoms with Crippen LogP contribution < -0.4 is 4.90 Å². The van der Waals surface area contributed by atoms with Crippen molar-refractivity contribution < 1.29 is 29.3 Å². The Hall–Kier alpha value is -1.46. The first kappa shape index (κ1) is 20.8. The van der Waals surface area contributed by atoms with Gasteiger partial charge in [0.05, 0.1) is 24.6 Å². The Bertz CT molecular complexity index is 839. The van der Waals surface area contributed by atoms with E-state index in [4.69, 9.17) is 24.2 Å². The molecule has 0 radical (unpaired) electrons. The second kappa shape index (κ2) is 8.35. The van der Waals surface area contributed by atoms with E-state index in [0.29, 0.717) is 23.8 Å². The van der Waals surface area contributed by atoms with Crippen LogP contribution in [0.2, 0.25) is 0 Å². The van der Waals surface area contributed by atoms with Crippen LogP contribution >= 0.6 is 7.94 Å². The molecule has 0 aromatic carbocycles. The molecule has 4 rings (SSSR count). The Balaban J connectivity index is 1.49. The highest BCUT2D eigenvalue weighted by atomic mass is 31.2. The van der Waals surface area contributed by atoms with Gasteiger partial charge < -0.3 is 19.5 Å². The van der Waals surface area contributed by atoms with Gasteiger partial charge in [-0.3, -0.25) is 0 Å². The minimum atomic E-state index is -4.01. The summed E-state index contributed by atoms with van der Waals surface area (Å²) in [4.78, 5) is 38.1. The molecule has 1 aliphatic carbocycles. The smallest absolute Gasteiger partial charge is 0.390 e. The molecule has 29 heavy (non-hydrogen) atoms. The van der Waals surface area contributed by atoms with E-state index >= 15 is 0 Å². The lowest BCUT2D eigenvalue weighted by Gasteiger charge is -2.25. The van der Waals surface area contributed by atoms with Gasteiger partial charge in [-0.2, -0.15) is 19.8 Å². The molecule has 3 atom stereocenters. The van der Waals surface area contributed by atoms with Crippen molar-refractivity contribution in [3.63, 3.8) is 0 Å². The van der Waals surface area contributed by atoms with Crippen molar-refractivity contribution in [2.75, 3.05) is 24.9 Å². The molecule has 0 bridgehead atoms. The van der Waals surface area contributed by atoms with E-state index in [1.165, 1.54) is 19.2 Å². The summed E-state index contributed by atoms with van der Waals surface area (Å²) in [5.74, 6) is 0.769. The van der Waals surface area contributed by atoms with E-state index in [1.807, 2.05) is 7.05 Å². The number of hydrogen-bond acceptors (Lipinski definition) is 10. The highest BCUT2D eigenvalue weighted by Crippen LogP contribution is 2.44. The number of aromatic nitrogens is 4. The number of aliphatic hydroxyl groups excluding tert-OH is 1. The molecule has 0 spiro atoms. The summed E-state index contributed by atoms with van der Waals surface area (Å²) in [6.07, 6.45) is 5.75. The quantitative estimate of drug-likeness (QED) is 0.457. The number of aliphatic hydroxyl groups is 1. The maximum atomic E-state index is 10.3. The van der Waals surface area contributed by atoms with Crippen molar-refractivity contribution in [1.82, 2.24) is 19.6 Å². The van der Waals surface area contributed by atoms with E-state index in [1.54, 1.807) is 10.7 Å². The molecule has 1 aliphatic heterocycles. The SMILES string of the molecule is CN(c1ncnn2c([C@H]3C[C@H](O)[C@@H](COC[P+](O)(O)O)O3)cnc12)C1CCCC1. The number of fused-ring (bicyclic) bond motifs is 1. The summed E-state index contributed by atoms with van der Waals surface area (Å²) < 4.78 is 12.7. The average molecular weight is 428 g/mol. The van der Waals surface area contributed by atoms with Gasteiger partial charge in [-0.05, 0) is 12.8 Å². The molecule has 1 saturated heterocycles. The zero-order chi connectivity index (χ0) is 20.6. The molecule has 0 unspecified atom stereocenters. The number of nitrogens with zero attached hydrogens (tertiary/aromatic N) is 5. The van der Waals surface area contributed by atoms with Crippen LogP contribution in [0.3, 0.4) is 0 Å². The van der Waals surface area contributed by atoms with E-state index < -0.39 is 32.6 Å². The van der Waals surface area contributed by atoms with Crippen LogP contribution in [0.5, 0.6) is 0 Å². The lowest BCUT2D eigenvalue weighted by molar-refractivity contribution is -0.0409. The first-order chi connectivity index (χ1) is 13.8. The molecule has 0 amide bonds. The number of hydrogen-bond donors (Lipinski definition) is 4. The van der Waals surface area contributed by atoms with Crippen molar-refractivity contribution in [2.45, 2.75) is 56.5 Å². The molecule has 160 valence electrons. The standard InChI is InChI=1S/C17H27N5O6P/c1-21(11-4-2-3-5-11)16-17-18-7-12(22(17)20-9-19-16)14-6-13(23)15(28-14)8-27-10-29(24,25)26/h7,9,11,13-15,23-26H,2-6,8,10H2,1H3/q+1/t13-,14+,15+/m0/s1. The second-order valence-corrected chi connectivity index (χ2v) is 9.35. The van der Waals surface area contributed by atoms with Gasteiger partial charge in [-0.15, -0.1) is 0 Å². The number of imidazole rings is 1. The van der Waals surface area contributed by atoms with Crippen molar-refractivity contribution in [1.29, 1.82) is 0 Å². The fourth-order valence-electron chi connectivity index (χ4n) is 4.12. The molecule has 2 aliphatic rings. The van der Waals surface area contributed by atoms with Crippen LogP contribution in [0.25, 0.3) is 5.65 Å². The predicted molar refractivity (Wildman–Crippen MR) is 104 cm³/mol. The lowest BCUT2D eigenvalue weighted by Crippen LogP contribution is -2.30. The van der Waals surface area contributed by atoms with Crippen LogP contribution in [0.4, 0.5) is 5.82 Å². The summed E-state index contributed by atoms with van der Waals surface area (Å²) in [5, 5.41) is 14.6. The first-order valence-corrected chi connectivity index (χ1v) is 11.6. The topological polar surface area (TPSA) is 146 Å². The third-order valence-corrected chi connectivity index (χ3v) is 6.15. The third kappa shape index (κ3) is 4.51. The molecule has 3 heterocycles. The van der Waals surface area contributed by atoms with Crippen LogP contribution in [0.15, 0.2) is 12.5 Å². The molecule has 2 aromatic heterocycles. The normalized spacial score (nSPS) is 25.9. The Morgan fingerprint density at radius 1 is 1.28 bits per heavy atom. The van der Waals surface area contributed by atoms with Crippen LogP contribution in [0, 0.1) is 0 Å². The minimum Gasteiger partial charge on any atom is -0.390 e. The number of ether oxygens (including phenoxy) is 2. The summed E-state index contributed by atoms with van der Waals surface area (Å²) in [7, 11) is -1.98. The average Bonchev–Trinajstić information content (AvgIpc) is 3.39. The number of anilines is 1. The van der Waals surface area contributed by atoms with Gasteiger partial charge in [0.2, 0.25) is 6.35 Å². The van der Waals surface area contributed by atoms with Crippen molar-refractivity contribution in [3.05, 3.63) is 18.2 Å². The molecular weight excluding hydrogens is 401 g/mol. The second-order valence-electron chi connectivity index (χ2n) is 7.71. The third-order valence-electron chi connectivity index (χ3n) is 5.62. The highest BCUT2D eigenvalue weighted by molar-refractivity contribution is 7.58. The van der Waals surface area contributed by atoms with Gasteiger partial charge in [0.15, 0.2) is 11.5 Å². The highest BCUT2D eigenvalue weighted by Gasteiger charge is 2.38. The van der Waals surface area contributed by atoms with E-state index in [-0.39, 0.29) is 6.61 Å². The Morgan fingerprint density at radius 2 is 2.03 bits per heavy atom. The van der Waals surface area contributed by atoms with Crippen molar-refractivity contribution in [3.8, 4) is 0 Å². The number of rotatable bonds is 7. The largest absolute Gasteiger partial charge is 0.431 e. The summed E-state index contributed by atoms with van der Waals surface area (Å²) in [6, 6.07) is 0.444. The monoisotopic (exact) mass is 428 g/mol. The molecule has 2 aromatic rings. The van der Waals surface area contributed by atoms with Gasteiger partial charge in [-0.1, -0.05) is 12.8 Å². The Labute approximate surface area is 168 Å². The predicted octanol–water partition coefficient (Wildman–Crippen LogP) is 0.408. The van der Waals surface area contributed by atoms with E-state index in [9.17, 15) is 5.11 Å². The zero-order valence-corrected chi connectivity index (χ0v) is 17.1. The maximum Gasteiger partial charge on any atom is 0.431 e. The summed E-state index contributed by atoms with van der Waals surface area (Å²) >= 11 is 0. The van der Waals surface area contributed by atoms with E-state index in [2.05, 4.69) is 20.0 Å². The molecule has 2 fully saturated rings. The fourth-order valence-corrected chi connectivity index (χ4v) is 4.47. The van der Waals surface area contributed by atoms with E-state index in [0.717, 1.165) is 18.7 Å². The van der Waals surface area contributed by atoms with Gasteiger partial charge in [0, 0.05) is 19.5 Å². The Kier molecular flexibility index (Phi) is 5.99. The minimum absolute atomic E-state index is 0.0670. The first-order valence-electron chi connectivity index (χ1n) is 9.72. The Morgan fingerprint density at radius 3 is 2.76 bits per heavy atom. The van der Waals surface area contributed by atoms with Crippen LogP contribution in [-0.2, 0) is 9.47 Å². The lowest BCUT2D eigenvalue weighted by atomic mass is 10.1. The maximum absolute atomic E-state index is 10.3. The molecular formula is C17H27N5O6P+. The van der Waals surface area contributed by atoms with Crippen LogP contribution in [-0.4, -0.2) is 77.6 Å². The molecule has 12 heteroatoms. The molecule has 11 nitrogen and oxygen atoms in total. The molecule has 4 N–H and O–H groups in total. The summed E-state index contributed by atoms with van der Waals surface area (Å²) in [5.41, 5.74) is 1.35. The fraction of sp³-hybridized carbons (Fsp3) is 0.706. The zero-order valence-electron chi connectivity index (χ0n) is 16.2.